The summed E-state index contributed by atoms with van der Waals surface area (Å²) in [6.45, 7) is 0.419. The fourth-order valence-electron chi connectivity index (χ4n) is 2.35. The second-order valence-electron chi connectivity index (χ2n) is 4.92. The third kappa shape index (κ3) is 3.55. The molecule has 0 spiro atoms. The Morgan fingerprint density at radius 1 is 1.30 bits per heavy atom. The minimum absolute atomic E-state index is 0.419. The lowest BCUT2D eigenvalue weighted by Gasteiger charge is -2.06. The average Bonchev–Trinajstić information content (AvgIpc) is 2.97. The van der Waals surface area contributed by atoms with Crippen molar-refractivity contribution >= 4 is 22.3 Å². The Bertz CT molecular complexity index is 850. The molecule has 1 heterocycles. The predicted molar refractivity (Wildman–Crippen MR) is 87.9 cm³/mol. The van der Waals surface area contributed by atoms with Gasteiger partial charge in [-0.1, -0.05) is 17.3 Å². The first-order chi connectivity index (χ1) is 11.2. The lowest BCUT2D eigenvalue weighted by molar-refractivity contribution is 0.415. The fourth-order valence-corrected chi connectivity index (χ4v) is 2.62. The second kappa shape index (κ2) is 6.86. The standard InChI is InChI=1S/C15H16N4O3S/c1-22-13-5-6-15-14(10-13)17-18-19(15)12-4-2-3-11(9-12)7-8-16-23(20)21/h2-6,9-10,16H,7-8H2,1H3,(H,20,21). The second-order valence-corrected chi connectivity index (χ2v) is 5.71. The molecule has 7 nitrogen and oxygen atoms in total. The molecule has 0 aliphatic heterocycles. The van der Waals surface area contributed by atoms with Gasteiger partial charge in [-0.25, -0.2) is 13.6 Å². The van der Waals surface area contributed by atoms with Crippen molar-refractivity contribution in [3.05, 3.63) is 48.0 Å². The van der Waals surface area contributed by atoms with E-state index in [1.165, 1.54) is 0 Å². The maximum Gasteiger partial charge on any atom is 0.231 e. The first kappa shape index (κ1) is 15.6. The van der Waals surface area contributed by atoms with E-state index in [1.807, 2.05) is 42.5 Å². The number of rotatable bonds is 6. The van der Waals surface area contributed by atoms with Crippen molar-refractivity contribution in [3.8, 4) is 11.4 Å². The molecule has 1 atom stereocenters. The normalized spacial score (nSPS) is 12.4. The van der Waals surface area contributed by atoms with Crippen LogP contribution in [-0.4, -0.2) is 37.4 Å². The van der Waals surface area contributed by atoms with Crippen LogP contribution in [0.4, 0.5) is 0 Å². The van der Waals surface area contributed by atoms with Gasteiger partial charge in [0.25, 0.3) is 0 Å². The van der Waals surface area contributed by atoms with Crippen LogP contribution in [0.15, 0.2) is 42.5 Å². The van der Waals surface area contributed by atoms with Crippen LogP contribution in [0.25, 0.3) is 16.7 Å². The van der Waals surface area contributed by atoms with Gasteiger partial charge in [-0.05, 0) is 36.2 Å². The van der Waals surface area contributed by atoms with Crippen molar-refractivity contribution in [2.45, 2.75) is 6.42 Å². The number of hydrogen-bond donors (Lipinski definition) is 2. The number of fused-ring (bicyclic) bond motifs is 1. The Morgan fingerprint density at radius 3 is 2.96 bits per heavy atom. The highest BCUT2D eigenvalue weighted by atomic mass is 32.2. The molecule has 120 valence electrons. The van der Waals surface area contributed by atoms with Gasteiger partial charge in [0.1, 0.15) is 11.3 Å². The van der Waals surface area contributed by atoms with Gasteiger partial charge in [-0.2, -0.15) is 0 Å². The third-order valence-electron chi connectivity index (χ3n) is 3.45. The summed E-state index contributed by atoms with van der Waals surface area (Å²) in [4.78, 5) is 0. The maximum atomic E-state index is 10.6. The Morgan fingerprint density at radius 2 is 2.17 bits per heavy atom. The third-order valence-corrected chi connectivity index (χ3v) is 3.90. The van der Waals surface area contributed by atoms with E-state index < -0.39 is 11.3 Å². The number of nitrogens with one attached hydrogen (secondary N) is 1. The molecule has 1 aromatic heterocycles. The smallest absolute Gasteiger partial charge is 0.231 e. The predicted octanol–water partition coefficient (Wildman–Crippen LogP) is 1.70. The summed E-state index contributed by atoms with van der Waals surface area (Å²) in [5.74, 6) is 0.737. The largest absolute Gasteiger partial charge is 0.497 e. The highest BCUT2D eigenvalue weighted by molar-refractivity contribution is 7.77. The number of aromatic nitrogens is 3. The van der Waals surface area contributed by atoms with Crippen molar-refractivity contribution in [1.29, 1.82) is 0 Å². The molecule has 0 aliphatic carbocycles. The molecule has 2 N–H and O–H groups in total. The van der Waals surface area contributed by atoms with E-state index in [9.17, 15) is 4.21 Å². The topological polar surface area (TPSA) is 89.3 Å². The number of ether oxygens (including phenoxy) is 1. The number of methoxy groups -OCH3 is 1. The van der Waals surface area contributed by atoms with Crippen molar-refractivity contribution in [2.75, 3.05) is 13.7 Å². The Balaban J connectivity index is 1.88. The van der Waals surface area contributed by atoms with Crippen LogP contribution < -0.4 is 9.46 Å². The maximum absolute atomic E-state index is 10.6. The zero-order chi connectivity index (χ0) is 16.2. The van der Waals surface area contributed by atoms with Gasteiger partial charge in [0, 0.05) is 12.6 Å². The number of nitrogens with zero attached hydrogens (tertiary/aromatic N) is 3. The minimum Gasteiger partial charge on any atom is -0.497 e. The van der Waals surface area contributed by atoms with E-state index >= 15 is 0 Å². The van der Waals surface area contributed by atoms with Gasteiger partial charge in [-0.15, -0.1) is 5.10 Å². The molecule has 3 aromatic rings. The van der Waals surface area contributed by atoms with E-state index in [0.29, 0.717) is 13.0 Å². The van der Waals surface area contributed by atoms with Gasteiger partial charge in [0.2, 0.25) is 11.3 Å². The van der Waals surface area contributed by atoms with E-state index in [-0.39, 0.29) is 0 Å². The molecule has 1 unspecified atom stereocenters. The van der Waals surface area contributed by atoms with Crippen LogP contribution in [0.5, 0.6) is 5.75 Å². The number of benzene rings is 2. The molecule has 0 aliphatic rings. The highest BCUT2D eigenvalue weighted by Gasteiger charge is 2.08. The van der Waals surface area contributed by atoms with Crippen LogP contribution in [0.1, 0.15) is 5.56 Å². The van der Waals surface area contributed by atoms with Crippen LogP contribution >= 0.6 is 0 Å². The van der Waals surface area contributed by atoms with Crippen LogP contribution in [0, 0.1) is 0 Å². The monoisotopic (exact) mass is 332 g/mol. The molecule has 0 saturated carbocycles. The van der Waals surface area contributed by atoms with E-state index in [0.717, 1.165) is 28.0 Å². The summed E-state index contributed by atoms with van der Waals surface area (Å²) in [6.07, 6.45) is 0.639. The minimum atomic E-state index is -1.99. The molecule has 0 fully saturated rings. The molecule has 0 amide bonds. The van der Waals surface area contributed by atoms with Crippen LogP contribution in [0.3, 0.4) is 0 Å². The molecular weight excluding hydrogens is 316 g/mol. The van der Waals surface area contributed by atoms with E-state index in [1.54, 1.807) is 11.8 Å². The Labute approximate surface area is 135 Å². The summed E-state index contributed by atoms with van der Waals surface area (Å²) in [6, 6.07) is 13.4. The fraction of sp³-hybridized carbons (Fsp3) is 0.200. The van der Waals surface area contributed by atoms with Gasteiger partial charge >= 0.3 is 0 Å². The molecule has 0 bridgehead atoms. The van der Waals surface area contributed by atoms with Crippen LogP contribution in [-0.2, 0) is 17.7 Å². The molecule has 8 heteroatoms. The summed E-state index contributed by atoms with van der Waals surface area (Å²) in [5, 5.41) is 8.36. The summed E-state index contributed by atoms with van der Waals surface area (Å²) < 4.78 is 28.8. The Kier molecular flexibility index (Phi) is 4.65. The first-order valence-corrected chi connectivity index (χ1v) is 8.11. The molecule has 23 heavy (non-hydrogen) atoms. The van der Waals surface area contributed by atoms with Gasteiger partial charge in [0.15, 0.2) is 0 Å². The number of hydrogen-bond acceptors (Lipinski definition) is 4. The van der Waals surface area contributed by atoms with Crippen molar-refractivity contribution < 1.29 is 13.5 Å². The van der Waals surface area contributed by atoms with Crippen LogP contribution in [0.2, 0.25) is 0 Å². The van der Waals surface area contributed by atoms with Gasteiger partial charge < -0.3 is 4.74 Å². The van der Waals surface area contributed by atoms with Gasteiger partial charge in [-0.3, -0.25) is 4.55 Å². The molecule has 0 radical (unpaired) electrons. The molecular formula is C15H16N4O3S. The zero-order valence-electron chi connectivity index (χ0n) is 12.5. The summed E-state index contributed by atoms with van der Waals surface area (Å²) in [5.41, 5.74) is 3.57. The van der Waals surface area contributed by atoms with E-state index in [4.69, 9.17) is 9.29 Å². The van der Waals surface area contributed by atoms with E-state index in [2.05, 4.69) is 15.0 Å². The molecule has 0 saturated heterocycles. The summed E-state index contributed by atoms with van der Waals surface area (Å²) in [7, 11) is 1.61. The lowest BCUT2D eigenvalue weighted by atomic mass is 10.1. The SMILES string of the molecule is COc1ccc2c(c1)nnn2-c1cccc(CCNS(=O)O)c1. The van der Waals surface area contributed by atoms with Crippen molar-refractivity contribution in [2.24, 2.45) is 0 Å². The first-order valence-electron chi connectivity index (χ1n) is 7.00. The van der Waals surface area contributed by atoms with Crippen molar-refractivity contribution in [1.82, 2.24) is 19.7 Å². The average molecular weight is 332 g/mol. The van der Waals surface area contributed by atoms with Crippen molar-refractivity contribution in [3.63, 3.8) is 0 Å². The zero-order valence-corrected chi connectivity index (χ0v) is 13.3. The molecule has 3 rings (SSSR count). The highest BCUT2D eigenvalue weighted by Crippen LogP contribution is 2.21. The lowest BCUT2D eigenvalue weighted by Crippen LogP contribution is -2.19. The quantitative estimate of drug-likeness (QED) is 0.671. The summed E-state index contributed by atoms with van der Waals surface area (Å²) >= 11 is -1.99. The molecule has 2 aromatic carbocycles. The Hall–Kier alpha value is -2.29. The van der Waals surface area contributed by atoms with Gasteiger partial charge in [0.05, 0.1) is 18.3 Å².